The molecule has 1 aromatic heterocycles. The highest BCUT2D eigenvalue weighted by atomic mass is 16.6. The van der Waals surface area contributed by atoms with Crippen molar-refractivity contribution in [3.8, 4) is 0 Å². The molecule has 11 nitrogen and oxygen atoms in total. The van der Waals surface area contributed by atoms with Gasteiger partial charge in [-0.05, 0) is 30.0 Å². The van der Waals surface area contributed by atoms with Crippen molar-refractivity contribution in [1.82, 2.24) is 0 Å². The van der Waals surface area contributed by atoms with Crippen molar-refractivity contribution in [3.63, 3.8) is 0 Å². The van der Waals surface area contributed by atoms with Crippen molar-refractivity contribution < 1.29 is 52.8 Å². The third kappa shape index (κ3) is 3.77. The minimum atomic E-state index is -1.76. The lowest BCUT2D eigenvalue weighted by Crippen LogP contribution is -2.76. The number of ketones is 1. The molecular formula is C32H40O11. The van der Waals surface area contributed by atoms with Gasteiger partial charge in [-0.25, -0.2) is 4.79 Å². The smallest absolute Gasteiger partial charge is 0.335 e. The highest BCUT2D eigenvalue weighted by Gasteiger charge is 2.81. The summed E-state index contributed by atoms with van der Waals surface area (Å²) < 4.78 is 29.6. The number of hydrogen-bond donors (Lipinski definition) is 2. The van der Waals surface area contributed by atoms with E-state index < -0.39 is 88.0 Å². The topological polar surface area (TPSA) is 159 Å². The van der Waals surface area contributed by atoms with Gasteiger partial charge in [0.15, 0.2) is 17.5 Å². The van der Waals surface area contributed by atoms with Crippen LogP contribution in [0.25, 0.3) is 0 Å². The molecule has 5 fully saturated rings. The fourth-order valence-electron chi connectivity index (χ4n) is 9.20. The molecular weight excluding hydrogens is 560 g/mol. The number of Topliss-reactive ketones (excluding diaryl/α,β-unsaturated/α-hetero) is 1. The third-order valence-corrected chi connectivity index (χ3v) is 11.7. The zero-order chi connectivity index (χ0) is 31.3. The van der Waals surface area contributed by atoms with Crippen LogP contribution in [0.2, 0.25) is 0 Å². The number of esters is 3. The van der Waals surface area contributed by atoms with Crippen LogP contribution < -0.4 is 0 Å². The molecule has 2 unspecified atom stereocenters. The summed E-state index contributed by atoms with van der Waals surface area (Å²) in [5, 5.41) is 23.3. The number of cyclic esters (lactones) is 1. The van der Waals surface area contributed by atoms with Crippen LogP contribution >= 0.6 is 0 Å². The molecule has 11 heteroatoms. The molecule has 0 aromatic carbocycles. The number of carbonyl (C=O) groups excluding carboxylic acids is 4. The molecule has 1 spiro atoms. The molecule has 0 amide bonds. The van der Waals surface area contributed by atoms with E-state index in [0.717, 1.165) is 0 Å². The maximum absolute atomic E-state index is 14.4. The maximum Gasteiger partial charge on any atom is 0.335 e. The monoisotopic (exact) mass is 600 g/mol. The number of ether oxygens (including phenoxy) is 4. The van der Waals surface area contributed by atoms with E-state index in [1.807, 2.05) is 13.8 Å². The van der Waals surface area contributed by atoms with E-state index in [1.165, 1.54) is 12.5 Å². The van der Waals surface area contributed by atoms with Crippen molar-refractivity contribution in [2.45, 2.75) is 102 Å². The molecule has 6 rings (SSSR count). The van der Waals surface area contributed by atoms with Gasteiger partial charge in [0.05, 0.1) is 43.0 Å². The standard InChI is InChI=1S/C32H40O11/c1-7-15(2)25(36)28(38)41-27-26(37)24-16(3)32(20(33)10-18(31(27,32)6)17-8-9-39-13-17)42-21-12-23(35)43-29(4)14-40-22(34)11-19(29)30(21,24)5/h8-9,13,15,18-19,21,24-27,36-37H,3,7,10-12,14H2,1-2,4-6H3/t15?,18-,19-,21-,24+,25?,26+,27-,29+,30+,31+,32+/m0/s1. The number of furan rings is 1. The van der Waals surface area contributed by atoms with Crippen LogP contribution in [0.3, 0.4) is 0 Å². The number of aliphatic hydroxyl groups excluding tert-OH is 2. The second-order valence-corrected chi connectivity index (χ2v) is 13.8. The predicted octanol–water partition coefficient (Wildman–Crippen LogP) is 2.62. The number of rotatable bonds is 5. The van der Waals surface area contributed by atoms with Gasteiger partial charge in [-0.2, -0.15) is 0 Å². The Hall–Kier alpha value is -3.02. The Bertz CT molecular complexity index is 1370. The Morgan fingerprint density at radius 3 is 2.53 bits per heavy atom. The second kappa shape index (κ2) is 9.74. The molecule has 1 aromatic rings. The largest absolute Gasteiger partial charge is 0.472 e. The van der Waals surface area contributed by atoms with E-state index >= 15 is 0 Å². The molecule has 3 aliphatic heterocycles. The predicted molar refractivity (Wildman–Crippen MR) is 147 cm³/mol. The van der Waals surface area contributed by atoms with Gasteiger partial charge < -0.3 is 33.6 Å². The zero-order valence-corrected chi connectivity index (χ0v) is 25.2. The molecule has 4 heterocycles. The summed E-state index contributed by atoms with van der Waals surface area (Å²) in [4.78, 5) is 53.8. The van der Waals surface area contributed by atoms with Crippen LogP contribution in [-0.2, 0) is 38.1 Å². The third-order valence-electron chi connectivity index (χ3n) is 11.7. The fourth-order valence-corrected chi connectivity index (χ4v) is 9.20. The van der Waals surface area contributed by atoms with Gasteiger partial charge in [0, 0.05) is 29.6 Å². The number of fused-ring (bicyclic) bond motifs is 5. The van der Waals surface area contributed by atoms with E-state index in [4.69, 9.17) is 23.4 Å². The Morgan fingerprint density at radius 1 is 1.16 bits per heavy atom. The van der Waals surface area contributed by atoms with Gasteiger partial charge in [0.1, 0.15) is 18.3 Å². The van der Waals surface area contributed by atoms with Crippen LogP contribution in [0.5, 0.6) is 0 Å². The molecule has 2 N–H and O–H groups in total. The quantitative estimate of drug-likeness (QED) is 0.291. The molecule has 0 radical (unpaired) electrons. The van der Waals surface area contributed by atoms with E-state index in [-0.39, 0.29) is 31.7 Å². The summed E-state index contributed by atoms with van der Waals surface area (Å²) in [6, 6.07) is 1.71. The molecule has 3 saturated heterocycles. The minimum absolute atomic E-state index is 0.0299. The van der Waals surface area contributed by atoms with Gasteiger partial charge in [0.2, 0.25) is 0 Å². The molecule has 2 saturated carbocycles. The van der Waals surface area contributed by atoms with Gasteiger partial charge in [-0.15, -0.1) is 0 Å². The summed E-state index contributed by atoms with van der Waals surface area (Å²) >= 11 is 0. The first kappa shape index (κ1) is 30.0. The van der Waals surface area contributed by atoms with Crippen molar-refractivity contribution in [2.24, 2.45) is 28.6 Å². The van der Waals surface area contributed by atoms with E-state index in [1.54, 1.807) is 26.8 Å². The Morgan fingerprint density at radius 2 is 1.88 bits per heavy atom. The SMILES string of the molecule is C=C1[C@@H]2[C@@H](O)[C@H](OC(=O)C(O)C(C)CC)[C@@]3(C)[C@H](c4ccoc4)CC(=O)[C@]13O[C@H]1CC(=O)O[C@]3(C)COC(=O)C[C@@H]3[C@]12C. The summed E-state index contributed by atoms with van der Waals surface area (Å²) in [5.74, 6) is -4.98. The highest BCUT2D eigenvalue weighted by molar-refractivity contribution is 5.97. The summed E-state index contributed by atoms with van der Waals surface area (Å²) in [6.07, 6.45) is -2.08. The number of aliphatic hydroxyl groups is 2. The van der Waals surface area contributed by atoms with Gasteiger partial charge >= 0.3 is 17.9 Å². The van der Waals surface area contributed by atoms with Gasteiger partial charge in [-0.1, -0.05) is 40.7 Å². The number of hydrogen-bond acceptors (Lipinski definition) is 11. The average molecular weight is 601 g/mol. The van der Waals surface area contributed by atoms with Crippen molar-refractivity contribution in [2.75, 3.05) is 6.61 Å². The van der Waals surface area contributed by atoms with Crippen LogP contribution in [0.4, 0.5) is 0 Å². The van der Waals surface area contributed by atoms with Crippen LogP contribution in [0.1, 0.15) is 71.8 Å². The minimum Gasteiger partial charge on any atom is -0.472 e. The Labute approximate surface area is 249 Å². The average Bonchev–Trinajstić information content (AvgIpc) is 3.54. The molecule has 43 heavy (non-hydrogen) atoms. The number of carbonyl (C=O) groups is 4. The van der Waals surface area contributed by atoms with Crippen molar-refractivity contribution in [1.29, 1.82) is 0 Å². The molecule has 5 aliphatic rings. The van der Waals surface area contributed by atoms with Crippen LogP contribution in [-0.4, -0.2) is 76.1 Å². The highest BCUT2D eigenvalue weighted by Crippen LogP contribution is 2.72. The first-order valence-corrected chi connectivity index (χ1v) is 15.0. The van der Waals surface area contributed by atoms with Crippen LogP contribution in [0.15, 0.2) is 35.2 Å². The van der Waals surface area contributed by atoms with E-state index in [9.17, 15) is 29.4 Å². The molecule has 234 valence electrons. The van der Waals surface area contributed by atoms with Gasteiger partial charge in [-0.3, -0.25) is 14.4 Å². The summed E-state index contributed by atoms with van der Waals surface area (Å²) in [7, 11) is 0. The molecule has 2 bridgehead atoms. The zero-order valence-electron chi connectivity index (χ0n) is 25.2. The lowest BCUT2D eigenvalue weighted by atomic mass is 9.44. The maximum atomic E-state index is 14.4. The van der Waals surface area contributed by atoms with Crippen molar-refractivity contribution in [3.05, 3.63) is 36.3 Å². The first-order chi connectivity index (χ1) is 20.2. The van der Waals surface area contributed by atoms with Gasteiger partial charge in [0.25, 0.3) is 0 Å². The molecule has 12 atom stereocenters. The van der Waals surface area contributed by atoms with Crippen LogP contribution in [0, 0.1) is 28.6 Å². The second-order valence-electron chi connectivity index (χ2n) is 13.8. The van der Waals surface area contributed by atoms with Crippen molar-refractivity contribution >= 4 is 23.7 Å². The Kier molecular flexibility index (Phi) is 6.80. The fraction of sp³-hybridized carbons (Fsp3) is 0.688. The normalized spacial score (nSPS) is 45.1. The molecule has 2 aliphatic carbocycles. The van der Waals surface area contributed by atoms with E-state index in [2.05, 4.69) is 6.58 Å². The first-order valence-electron chi connectivity index (χ1n) is 15.0. The Balaban J connectivity index is 1.56. The summed E-state index contributed by atoms with van der Waals surface area (Å²) in [6.45, 7) is 13.0. The van der Waals surface area contributed by atoms with E-state index in [0.29, 0.717) is 17.6 Å². The lowest BCUT2D eigenvalue weighted by molar-refractivity contribution is -0.296. The summed E-state index contributed by atoms with van der Waals surface area (Å²) in [5.41, 5.74) is -4.61. The lowest BCUT2D eigenvalue weighted by Gasteiger charge is -2.67.